The summed E-state index contributed by atoms with van der Waals surface area (Å²) in [5.74, 6) is 5.48. The summed E-state index contributed by atoms with van der Waals surface area (Å²) in [7, 11) is 1.38. The van der Waals surface area contributed by atoms with Gasteiger partial charge in [0.25, 0.3) is 0 Å². The normalized spacial score (nSPS) is 10.4. The van der Waals surface area contributed by atoms with Gasteiger partial charge in [-0.25, -0.2) is 4.79 Å². The van der Waals surface area contributed by atoms with Gasteiger partial charge in [0.05, 0.1) is 7.11 Å². The van der Waals surface area contributed by atoms with Crippen LogP contribution in [0.5, 0.6) is 0 Å². The van der Waals surface area contributed by atoms with Crippen molar-refractivity contribution in [2.45, 2.75) is 20.3 Å². The van der Waals surface area contributed by atoms with E-state index in [0.717, 1.165) is 13.0 Å². The van der Waals surface area contributed by atoms with E-state index in [1.54, 1.807) is 6.92 Å². The van der Waals surface area contributed by atoms with Gasteiger partial charge in [0.15, 0.2) is 0 Å². The minimum atomic E-state index is -0.278. The van der Waals surface area contributed by atoms with E-state index >= 15 is 0 Å². The summed E-state index contributed by atoms with van der Waals surface area (Å²) in [6.07, 6.45) is 2.65. The van der Waals surface area contributed by atoms with Crippen LogP contribution in [0.1, 0.15) is 20.3 Å². The molecule has 0 saturated heterocycles. The highest BCUT2D eigenvalue weighted by molar-refractivity contribution is 5.87. The van der Waals surface area contributed by atoms with Gasteiger partial charge >= 0.3 is 5.97 Å². The molecule has 0 fully saturated rings. The summed E-state index contributed by atoms with van der Waals surface area (Å²) in [6, 6.07) is 0. The van der Waals surface area contributed by atoms with Crippen molar-refractivity contribution in [1.29, 1.82) is 0 Å². The van der Waals surface area contributed by atoms with Gasteiger partial charge in [0, 0.05) is 25.1 Å². The van der Waals surface area contributed by atoms with Gasteiger partial charge in [-0.3, -0.25) is 0 Å². The van der Waals surface area contributed by atoms with Crippen LogP contribution < -0.4 is 5.32 Å². The molecule has 14 heavy (non-hydrogen) atoms. The molecule has 3 heteroatoms. The van der Waals surface area contributed by atoms with Crippen molar-refractivity contribution < 1.29 is 9.53 Å². The Kier molecular flexibility index (Phi) is 7.58. The first-order valence-corrected chi connectivity index (χ1v) is 4.57. The van der Waals surface area contributed by atoms with Crippen LogP contribution in [0.4, 0.5) is 0 Å². The number of carbonyl (C=O) groups is 1. The summed E-state index contributed by atoms with van der Waals surface area (Å²) in [5, 5.41) is 3.14. The largest absolute Gasteiger partial charge is 0.466 e. The number of esters is 1. The quantitative estimate of drug-likeness (QED) is 0.309. The van der Waals surface area contributed by atoms with Crippen LogP contribution in [0, 0.1) is 11.8 Å². The summed E-state index contributed by atoms with van der Waals surface area (Å²) in [4.78, 5) is 10.9. The zero-order valence-corrected chi connectivity index (χ0v) is 9.02. The van der Waals surface area contributed by atoms with E-state index in [9.17, 15) is 4.79 Å². The third-order valence-electron chi connectivity index (χ3n) is 1.66. The van der Waals surface area contributed by atoms with Crippen LogP contribution in [0.25, 0.3) is 0 Å². The van der Waals surface area contributed by atoms with Crippen molar-refractivity contribution in [3.63, 3.8) is 0 Å². The lowest BCUT2D eigenvalue weighted by Crippen LogP contribution is -2.15. The fraction of sp³-hybridized carbons (Fsp3) is 0.545. The van der Waals surface area contributed by atoms with Gasteiger partial charge < -0.3 is 10.1 Å². The molecule has 0 aliphatic rings. The fourth-order valence-corrected chi connectivity index (χ4v) is 0.848. The molecule has 0 amide bonds. The molecule has 0 aromatic heterocycles. The number of methoxy groups -OCH3 is 1. The van der Waals surface area contributed by atoms with Crippen LogP contribution in [0.2, 0.25) is 0 Å². The second-order valence-corrected chi connectivity index (χ2v) is 2.76. The standard InChI is InChI=1S/C11H17NO2/c1-4-5-6-8-12-9-7-10(2)11(13)14-3/h7,12H,6,8-9H2,1-3H3. The molecular formula is C11H17NO2. The Morgan fingerprint density at radius 3 is 2.86 bits per heavy atom. The fourth-order valence-electron chi connectivity index (χ4n) is 0.848. The Hall–Kier alpha value is -1.27. The minimum absolute atomic E-state index is 0.278. The number of hydrogen-bond acceptors (Lipinski definition) is 3. The molecule has 0 rings (SSSR count). The van der Waals surface area contributed by atoms with Crippen molar-refractivity contribution in [3.8, 4) is 11.8 Å². The Balaban J connectivity index is 3.59. The van der Waals surface area contributed by atoms with Crippen molar-refractivity contribution in [3.05, 3.63) is 11.6 Å². The Labute approximate surface area is 85.5 Å². The zero-order chi connectivity index (χ0) is 10.8. The third kappa shape index (κ3) is 6.27. The van der Waals surface area contributed by atoms with Crippen molar-refractivity contribution in [2.75, 3.05) is 20.2 Å². The number of ether oxygens (including phenoxy) is 1. The van der Waals surface area contributed by atoms with Crippen molar-refractivity contribution in [2.24, 2.45) is 0 Å². The molecule has 0 unspecified atom stereocenters. The molecule has 0 aliphatic carbocycles. The summed E-state index contributed by atoms with van der Waals surface area (Å²) < 4.78 is 4.55. The Bertz CT molecular complexity index is 258. The van der Waals surface area contributed by atoms with Crippen LogP contribution in [-0.2, 0) is 9.53 Å². The maximum absolute atomic E-state index is 10.9. The number of nitrogens with one attached hydrogen (secondary N) is 1. The number of hydrogen-bond donors (Lipinski definition) is 1. The van der Waals surface area contributed by atoms with Crippen LogP contribution in [0.15, 0.2) is 11.6 Å². The molecule has 78 valence electrons. The molecule has 0 aliphatic heterocycles. The first-order valence-electron chi connectivity index (χ1n) is 4.57. The predicted molar refractivity (Wildman–Crippen MR) is 56.7 cm³/mol. The first-order chi connectivity index (χ1) is 6.72. The van der Waals surface area contributed by atoms with Gasteiger partial charge in [-0.15, -0.1) is 11.8 Å². The average Bonchev–Trinajstić information content (AvgIpc) is 2.21. The maximum Gasteiger partial charge on any atom is 0.333 e. The Morgan fingerprint density at radius 1 is 1.57 bits per heavy atom. The average molecular weight is 195 g/mol. The number of carbonyl (C=O) groups excluding carboxylic acids is 1. The molecule has 0 bridgehead atoms. The number of rotatable bonds is 5. The van der Waals surface area contributed by atoms with Gasteiger partial charge in [0.2, 0.25) is 0 Å². The molecule has 0 aromatic rings. The lowest BCUT2D eigenvalue weighted by atomic mass is 10.3. The van der Waals surface area contributed by atoms with Gasteiger partial charge in [-0.05, 0) is 13.8 Å². The summed E-state index contributed by atoms with van der Waals surface area (Å²) in [6.45, 7) is 5.07. The molecule has 3 nitrogen and oxygen atoms in total. The van der Waals surface area contributed by atoms with E-state index in [-0.39, 0.29) is 5.97 Å². The Morgan fingerprint density at radius 2 is 2.29 bits per heavy atom. The highest BCUT2D eigenvalue weighted by Crippen LogP contribution is 1.93. The van der Waals surface area contributed by atoms with E-state index in [0.29, 0.717) is 12.1 Å². The molecular weight excluding hydrogens is 178 g/mol. The zero-order valence-electron chi connectivity index (χ0n) is 9.02. The van der Waals surface area contributed by atoms with Gasteiger partial charge in [0.1, 0.15) is 0 Å². The predicted octanol–water partition coefficient (Wildman–Crippen LogP) is 1.11. The van der Waals surface area contributed by atoms with Gasteiger partial charge in [-0.1, -0.05) is 6.08 Å². The third-order valence-corrected chi connectivity index (χ3v) is 1.66. The topological polar surface area (TPSA) is 38.3 Å². The minimum Gasteiger partial charge on any atom is -0.466 e. The van der Waals surface area contributed by atoms with Crippen molar-refractivity contribution in [1.82, 2.24) is 5.32 Å². The molecule has 0 atom stereocenters. The second kappa shape index (κ2) is 8.33. The molecule has 0 aromatic carbocycles. The SMILES string of the molecule is CC#CCCNCC=C(C)C(=O)OC. The summed E-state index contributed by atoms with van der Waals surface area (Å²) >= 11 is 0. The molecule has 0 saturated carbocycles. The lowest BCUT2D eigenvalue weighted by molar-refractivity contribution is -0.136. The van der Waals surface area contributed by atoms with Crippen LogP contribution in [0.3, 0.4) is 0 Å². The van der Waals surface area contributed by atoms with Gasteiger partial charge in [-0.2, -0.15) is 0 Å². The molecule has 0 radical (unpaired) electrons. The van der Waals surface area contributed by atoms with E-state index < -0.39 is 0 Å². The van der Waals surface area contributed by atoms with Crippen LogP contribution in [-0.4, -0.2) is 26.2 Å². The monoisotopic (exact) mass is 195 g/mol. The molecule has 0 spiro atoms. The van der Waals surface area contributed by atoms with E-state index in [1.165, 1.54) is 7.11 Å². The van der Waals surface area contributed by atoms with E-state index in [4.69, 9.17) is 0 Å². The highest BCUT2D eigenvalue weighted by atomic mass is 16.5. The van der Waals surface area contributed by atoms with E-state index in [2.05, 4.69) is 21.9 Å². The molecule has 0 heterocycles. The maximum atomic E-state index is 10.9. The van der Waals surface area contributed by atoms with Crippen LogP contribution >= 0.6 is 0 Å². The van der Waals surface area contributed by atoms with Crippen molar-refractivity contribution >= 4 is 5.97 Å². The van der Waals surface area contributed by atoms with E-state index in [1.807, 2.05) is 13.0 Å². The smallest absolute Gasteiger partial charge is 0.333 e. The molecule has 1 N–H and O–H groups in total. The highest BCUT2D eigenvalue weighted by Gasteiger charge is 2.00. The lowest BCUT2D eigenvalue weighted by Gasteiger charge is -1.99. The first kappa shape index (κ1) is 12.7. The summed E-state index contributed by atoms with van der Waals surface area (Å²) in [5.41, 5.74) is 0.626. The second-order valence-electron chi connectivity index (χ2n) is 2.76.